The summed E-state index contributed by atoms with van der Waals surface area (Å²) in [4.78, 5) is 25.2. The zero-order chi connectivity index (χ0) is 15.2. The van der Waals surface area contributed by atoms with E-state index < -0.39 is 0 Å². The van der Waals surface area contributed by atoms with E-state index in [4.69, 9.17) is 0 Å². The van der Waals surface area contributed by atoms with E-state index in [2.05, 4.69) is 11.9 Å². The molecule has 2 aliphatic rings. The Kier molecular flexibility index (Phi) is 5.83. The van der Waals surface area contributed by atoms with Gasteiger partial charge >= 0.3 is 0 Å². The first-order chi connectivity index (χ1) is 10.1. The zero-order valence-electron chi connectivity index (χ0n) is 13.1. The third-order valence-electron chi connectivity index (χ3n) is 5.07. The van der Waals surface area contributed by atoms with Crippen molar-refractivity contribution in [1.29, 1.82) is 0 Å². The van der Waals surface area contributed by atoms with Crippen LogP contribution in [0.3, 0.4) is 0 Å². The summed E-state index contributed by atoms with van der Waals surface area (Å²) < 4.78 is 0. The van der Waals surface area contributed by atoms with Gasteiger partial charge in [-0.15, -0.1) is 0 Å². The molecule has 2 rings (SSSR count). The van der Waals surface area contributed by atoms with Gasteiger partial charge in [-0.2, -0.15) is 0 Å². The molecule has 118 valence electrons. The SMILES string of the molecule is C=CC(=O)N(C)CC(=O)NC(C1CCCC1)C1CCCC1. The largest absolute Gasteiger partial charge is 0.351 e. The number of amides is 2. The average Bonchev–Trinajstić information content (AvgIpc) is 3.16. The van der Waals surface area contributed by atoms with Crippen molar-refractivity contribution in [2.45, 2.75) is 57.4 Å². The van der Waals surface area contributed by atoms with Gasteiger partial charge in [0.1, 0.15) is 0 Å². The first-order valence-corrected chi connectivity index (χ1v) is 8.28. The van der Waals surface area contributed by atoms with Crippen molar-refractivity contribution in [2.75, 3.05) is 13.6 Å². The van der Waals surface area contributed by atoms with Crippen molar-refractivity contribution in [3.8, 4) is 0 Å². The molecular weight excluding hydrogens is 264 g/mol. The number of carbonyl (C=O) groups is 2. The number of rotatable bonds is 6. The van der Waals surface area contributed by atoms with Crippen molar-refractivity contribution in [3.05, 3.63) is 12.7 Å². The molecule has 2 fully saturated rings. The molecule has 4 heteroatoms. The van der Waals surface area contributed by atoms with Gasteiger partial charge in [0.15, 0.2) is 0 Å². The highest BCUT2D eigenvalue weighted by Crippen LogP contribution is 2.37. The lowest BCUT2D eigenvalue weighted by molar-refractivity contribution is -0.131. The molecule has 2 aliphatic carbocycles. The van der Waals surface area contributed by atoms with Crippen LogP contribution in [0.4, 0.5) is 0 Å². The molecule has 0 aromatic carbocycles. The zero-order valence-corrected chi connectivity index (χ0v) is 13.1. The number of hydrogen-bond acceptors (Lipinski definition) is 2. The standard InChI is InChI=1S/C17H28N2O2/c1-3-16(21)19(2)12-15(20)18-17(13-8-4-5-9-13)14-10-6-7-11-14/h3,13-14,17H,1,4-12H2,2H3,(H,18,20). The molecule has 0 bridgehead atoms. The van der Waals surface area contributed by atoms with Gasteiger partial charge in [-0.3, -0.25) is 9.59 Å². The second-order valence-electron chi connectivity index (χ2n) is 6.58. The van der Waals surface area contributed by atoms with Crippen molar-refractivity contribution < 1.29 is 9.59 Å². The van der Waals surface area contributed by atoms with E-state index in [9.17, 15) is 9.59 Å². The molecule has 4 nitrogen and oxygen atoms in total. The lowest BCUT2D eigenvalue weighted by Crippen LogP contribution is -2.48. The normalized spacial score (nSPS) is 19.9. The van der Waals surface area contributed by atoms with Gasteiger partial charge in [0, 0.05) is 13.1 Å². The molecule has 21 heavy (non-hydrogen) atoms. The predicted molar refractivity (Wildman–Crippen MR) is 83.7 cm³/mol. The smallest absolute Gasteiger partial charge is 0.246 e. The maximum Gasteiger partial charge on any atom is 0.246 e. The Hall–Kier alpha value is -1.32. The number of carbonyl (C=O) groups excluding carboxylic acids is 2. The Morgan fingerprint density at radius 1 is 1.14 bits per heavy atom. The van der Waals surface area contributed by atoms with Crippen LogP contribution in [0.1, 0.15) is 51.4 Å². The summed E-state index contributed by atoms with van der Waals surface area (Å²) in [7, 11) is 1.64. The first-order valence-electron chi connectivity index (χ1n) is 8.28. The maximum atomic E-state index is 12.3. The van der Waals surface area contributed by atoms with Crippen LogP contribution in [-0.4, -0.2) is 36.3 Å². The van der Waals surface area contributed by atoms with Gasteiger partial charge in [0.05, 0.1) is 6.54 Å². The third kappa shape index (κ3) is 4.32. The fourth-order valence-electron chi connectivity index (χ4n) is 3.93. The summed E-state index contributed by atoms with van der Waals surface area (Å²) in [6.45, 7) is 3.58. The van der Waals surface area contributed by atoms with Crippen LogP contribution in [0, 0.1) is 11.8 Å². The Balaban J connectivity index is 1.92. The van der Waals surface area contributed by atoms with Gasteiger partial charge < -0.3 is 10.2 Å². The van der Waals surface area contributed by atoms with Crippen LogP contribution in [0.25, 0.3) is 0 Å². The van der Waals surface area contributed by atoms with Crippen LogP contribution >= 0.6 is 0 Å². The molecule has 0 heterocycles. The number of nitrogens with one attached hydrogen (secondary N) is 1. The average molecular weight is 292 g/mol. The van der Waals surface area contributed by atoms with Crippen molar-refractivity contribution in [3.63, 3.8) is 0 Å². The third-order valence-corrected chi connectivity index (χ3v) is 5.07. The van der Waals surface area contributed by atoms with Gasteiger partial charge in [-0.1, -0.05) is 32.3 Å². The summed E-state index contributed by atoms with van der Waals surface area (Å²) in [5.74, 6) is 1.04. The van der Waals surface area contributed by atoms with E-state index in [-0.39, 0.29) is 18.4 Å². The van der Waals surface area contributed by atoms with Gasteiger partial charge in [0.25, 0.3) is 0 Å². The van der Waals surface area contributed by atoms with Crippen LogP contribution < -0.4 is 5.32 Å². The lowest BCUT2D eigenvalue weighted by Gasteiger charge is -2.31. The summed E-state index contributed by atoms with van der Waals surface area (Å²) in [5.41, 5.74) is 0. The highest BCUT2D eigenvalue weighted by Gasteiger charge is 2.34. The van der Waals surface area contributed by atoms with Crippen molar-refractivity contribution in [2.24, 2.45) is 11.8 Å². The Morgan fingerprint density at radius 2 is 1.62 bits per heavy atom. The summed E-state index contributed by atoms with van der Waals surface area (Å²) in [6.07, 6.45) is 11.4. The molecule has 0 aromatic heterocycles. The van der Waals surface area contributed by atoms with Crippen molar-refractivity contribution >= 4 is 11.8 Å². The molecule has 2 amide bonds. The molecule has 1 N–H and O–H groups in total. The molecule has 0 spiro atoms. The van der Waals surface area contributed by atoms with E-state index in [1.165, 1.54) is 62.3 Å². The molecule has 0 aliphatic heterocycles. The minimum absolute atomic E-state index is 0.0310. The van der Waals surface area contributed by atoms with Gasteiger partial charge in [0.2, 0.25) is 11.8 Å². The van der Waals surface area contributed by atoms with Crippen molar-refractivity contribution in [1.82, 2.24) is 10.2 Å². The summed E-state index contributed by atoms with van der Waals surface area (Å²) >= 11 is 0. The molecule has 0 unspecified atom stereocenters. The quantitative estimate of drug-likeness (QED) is 0.765. The fraction of sp³-hybridized carbons (Fsp3) is 0.765. The Labute approximate surface area is 128 Å². The summed E-state index contributed by atoms with van der Waals surface area (Å²) in [6, 6.07) is 0.315. The minimum atomic E-state index is -0.205. The van der Waals surface area contributed by atoms with Crippen LogP contribution in [0.5, 0.6) is 0 Å². The number of hydrogen-bond donors (Lipinski definition) is 1. The number of likely N-dealkylation sites (N-methyl/N-ethyl adjacent to an activating group) is 1. The van der Waals surface area contributed by atoms with Gasteiger partial charge in [-0.05, 0) is 43.6 Å². The topological polar surface area (TPSA) is 49.4 Å². The number of nitrogens with zero attached hydrogens (tertiary/aromatic N) is 1. The van der Waals surface area contributed by atoms with Crippen LogP contribution in [0.15, 0.2) is 12.7 Å². The minimum Gasteiger partial charge on any atom is -0.351 e. The highest BCUT2D eigenvalue weighted by molar-refractivity contribution is 5.90. The highest BCUT2D eigenvalue weighted by atomic mass is 16.2. The molecule has 2 saturated carbocycles. The molecular formula is C17H28N2O2. The molecule has 0 atom stereocenters. The molecule has 0 saturated heterocycles. The summed E-state index contributed by atoms with van der Waals surface area (Å²) in [5, 5.41) is 3.24. The van der Waals surface area contributed by atoms with Crippen LogP contribution in [0.2, 0.25) is 0 Å². The fourth-order valence-corrected chi connectivity index (χ4v) is 3.93. The first kappa shape index (κ1) is 16.1. The Bertz CT molecular complexity index is 366. The molecule has 0 aromatic rings. The van der Waals surface area contributed by atoms with E-state index >= 15 is 0 Å². The lowest BCUT2D eigenvalue weighted by atomic mass is 9.86. The second-order valence-corrected chi connectivity index (χ2v) is 6.58. The second kappa shape index (κ2) is 7.62. The Morgan fingerprint density at radius 3 is 2.05 bits per heavy atom. The van der Waals surface area contributed by atoms with E-state index in [0.717, 1.165) is 0 Å². The van der Waals surface area contributed by atoms with E-state index in [0.29, 0.717) is 17.9 Å². The van der Waals surface area contributed by atoms with Gasteiger partial charge in [-0.25, -0.2) is 0 Å². The van der Waals surface area contributed by atoms with E-state index in [1.807, 2.05) is 0 Å². The van der Waals surface area contributed by atoms with Crippen LogP contribution in [-0.2, 0) is 9.59 Å². The predicted octanol–water partition coefficient (Wildman–Crippen LogP) is 2.50. The maximum absolute atomic E-state index is 12.3. The monoisotopic (exact) mass is 292 g/mol. The molecule has 0 radical (unpaired) electrons. The van der Waals surface area contributed by atoms with E-state index in [1.54, 1.807) is 7.05 Å².